The highest BCUT2D eigenvalue weighted by molar-refractivity contribution is 6.37. The summed E-state index contributed by atoms with van der Waals surface area (Å²) < 4.78 is 11.5. The molecule has 2 saturated heterocycles. The molecule has 0 saturated carbocycles. The van der Waals surface area contributed by atoms with Crippen LogP contribution in [0, 0.1) is 6.92 Å². The number of hydrogen-bond acceptors (Lipinski definition) is 7. The van der Waals surface area contributed by atoms with Gasteiger partial charge in [0, 0.05) is 92.3 Å². The van der Waals surface area contributed by atoms with Gasteiger partial charge in [-0.05, 0) is 100 Å². The van der Waals surface area contributed by atoms with Crippen LogP contribution in [0.25, 0.3) is 11.1 Å². The average molecular weight is 673 g/mol. The number of ether oxygens (including phenoxy) is 2. The first-order valence-corrected chi connectivity index (χ1v) is 17.9. The monoisotopic (exact) mass is 672 g/mol. The summed E-state index contributed by atoms with van der Waals surface area (Å²) in [6.07, 6.45) is 6.94. The molecule has 6 rings (SSSR count). The van der Waals surface area contributed by atoms with E-state index in [0.717, 1.165) is 112 Å². The van der Waals surface area contributed by atoms with Gasteiger partial charge in [-0.1, -0.05) is 30.7 Å². The fourth-order valence-corrected chi connectivity index (χ4v) is 8.62. The number of allylic oxidation sites excluding steroid dienone is 3. The van der Waals surface area contributed by atoms with Gasteiger partial charge < -0.3 is 29.9 Å². The van der Waals surface area contributed by atoms with Crippen molar-refractivity contribution in [2.45, 2.75) is 78.2 Å². The van der Waals surface area contributed by atoms with E-state index in [0.29, 0.717) is 27.9 Å². The van der Waals surface area contributed by atoms with Crippen LogP contribution < -0.4 is 20.4 Å². The maximum atomic E-state index is 14.2. The van der Waals surface area contributed by atoms with Gasteiger partial charge >= 0.3 is 0 Å². The van der Waals surface area contributed by atoms with E-state index in [2.05, 4.69) is 58.5 Å². The maximum Gasteiger partial charge on any atom is 0.253 e. The van der Waals surface area contributed by atoms with Crippen LogP contribution in [0.15, 0.2) is 52.9 Å². The predicted molar refractivity (Wildman–Crippen MR) is 194 cm³/mol. The SMILES string of the molecule is CCCN1CC2(CCOCC2)c2ccc(-c3cc(N(CC)C4CCOCC4)c(C)c(C(=O)NCC4=C(C)C=C(C)NC4=C=O)c3Cl)cc21. The quantitative estimate of drug-likeness (QED) is 0.282. The Morgan fingerprint density at radius 2 is 1.83 bits per heavy atom. The van der Waals surface area contributed by atoms with Crippen molar-refractivity contribution >= 4 is 34.8 Å². The lowest BCUT2D eigenvalue weighted by molar-refractivity contribution is 0.0553. The highest BCUT2D eigenvalue weighted by atomic mass is 35.5. The van der Waals surface area contributed by atoms with Gasteiger partial charge in [0.15, 0.2) is 5.94 Å². The van der Waals surface area contributed by atoms with Gasteiger partial charge in [0.25, 0.3) is 5.91 Å². The highest BCUT2D eigenvalue weighted by Gasteiger charge is 2.43. The van der Waals surface area contributed by atoms with Crippen molar-refractivity contribution < 1.29 is 19.1 Å². The number of amides is 1. The molecule has 0 aliphatic carbocycles. The van der Waals surface area contributed by atoms with Gasteiger partial charge in [0.2, 0.25) is 0 Å². The molecular formula is C39H49ClN4O4. The molecule has 8 nitrogen and oxygen atoms in total. The van der Waals surface area contributed by atoms with E-state index in [9.17, 15) is 9.59 Å². The second-order valence-electron chi connectivity index (χ2n) is 13.7. The van der Waals surface area contributed by atoms with Gasteiger partial charge in [0.1, 0.15) is 5.70 Å². The van der Waals surface area contributed by atoms with E-state index in [4.69, 9.17) is 21.1 Å². The molecule has 1 spiro atoms. The molecule has 4 aliphatic rings. The van der Waals surface area contributed by atoms with Crippen LogP contribution in [0.3, 0.4) is 0 Å². The minimum Gasteiger partial charge on any atom is -0.381 e. The zero-order valence-electron chi connectivity index (χ0n) is 29.1. The van der Waals surface area contributed by atoms with Crippen molar-refractivity contribution in [3.63, 3.8) is 0 Å². The average Bonchev–Trinajstić information content (AvgIpc) is 3.37. The Kier molecular flexibility index (Phi) is 10.4. The number of halogens is 1. The van der Waals surface area contributed by atoms with Crippen molar-refractivity contribution in [3.05, 3.63) is 74.6 Å². The minimum atomic E-state index is -0.268. The van der Waals surface area contributed by atoms with E-state index in [1.54, 1.807) is 0 Å². The number of nitrogens with zero attached hydrogens (tertiary/aromatic N) is 2. The summed E-state index contributed by atoms with van der Waals surface area (Å²) in [5.74, 6) is 1.74. The molecule has 2 fully saturated rings. The second-order valence-corrected chi connectivity index (χ2v) is 14.1. The summed E-state index contributed by atoms with van der Waals surface area (Å²) in [5, 5.41) is 6.61. The molecule has 4 heterocycles. The van der Waals surface area contributed by atoms with E-state index in [1.165, 1.54) is 11.3 Å². The number of anilines is 2. The molecular weight excluding hydrogens is 624 g/mol. The maximum absolute atomic E-state index is 14.2. The molecule has 0 aromatic heterocycles. The predicted octanol–water partition coefficient (Wildman–Crippen LogP) is 6.87. The van der Waals surface area contributed by atoms with Gasteiger partial charge in [-0.2, -0.15) is 0 Å². The minimum absolute atomic E-state index is 0.111. The summed E-state index contributed by atoms with van der Waals surface area (Å²) in [4.78, 5) is 31.0. The summed E-state index contributed by atoms with van der Waals surface area (Å²) >= 11 is 7.33. The molecule has 1 amide bonds. The standard InChI is InChI=1S/C39H49ClN4O4/c1-6-14-43-24-39(12-17-48-18-13-39)32-9-8-28(20-35(32)43)30-21-34(44(7-2)29-10-15-47-16-11-29)27(5)36(37(30)40)38(46)41-22-31-25(3)19-26(4)42-33(31)23-45/h8-9,19-21,29,42H,6-7,10-18,22,24H2,1-5H3,(H,41,46). The first-order valence-electron chi connectivity index (χ1n) is 17.5. The van der Waals surface area contributed by atoms with Crippen LogP contribution >= 0.6 is 11.6 Å². The zero-order chi connectivity index (χ0) is 34.0. The first kappa shape index (κ1) is 34.3. The van der Waals surface area contributed by atoms with Crippen LogP contribution in [-0.4, -0.2) is 70.5 Å². The number of nitrogens with one attached hydrogen (secondary N) is 2. The third-order valence-electron chi connectivity index (χ3n) is 10.7. The highest BCUT2D eigenvalue weighted by Crippen LogP contribution is 2.49. The number of fused-ring (bicyclic) bond motifs is 2. The molecule has 0 bridgehead atoms. The zero-order valence-corrected chi connectivity index (χ0v) is 29.8. The molecule has 9 heteroatoms. The Morgan fingerprint density at radius 3 is 2.52 bits per heavy atom. The van der Waals surface area contributed by atoms with Gasteiger partial charge in [0.05, 0.1) is 10.6 Å². The molecule has 0 radical (unpaired) electrons. The third-order valence-corrected chi connectivity index (χ3v) is 11.1. The fourth-order valence-electron chi connectivity index (χ4n) is 8.23. The van der Waals surface area contributed by atoms with E-state index < -0.39 is 0 Å². The van der Waals surface area contributed by atoms with Crippen molar-refractivity contribution in [3.8, 4) is 11.1 Å². The van der Waals surface area contributed by atoms with E-state index >= 15 is 0 Å². The lowest BCUT2D eigenvalue weighted by Gasteiger charge is -2.37. The van der Waals surface area contributed by atoms with Gasteiger partial charge in [-0.25, -0.2) is 4.79 Å². The van der Waals surface area contributed by atoms with Crippen molar-refractivity contribution in [2.24, 2.45) is 0 Å². The summed E-state index contributed by atoms with van der Waals surface area (Å²) in [7, 11) is 0. The smallest absolute Gasteiger partial charge is 0.253 e. The first-order chi connectivity index (χ1) is 23.2. The molecule has 4 aliphatic heterocycles. The number of dihydropyridines is 1. The van der Waals surface area contributed by atoms with Crippen LogP contribution in [-0.2, 0) is 19.7 Å². The number of rotatable bonds is 9. The largest absolute Gasteiger partial charge is 0.381 e. The molecule has 2 aromatic rings. The Balaban J connectivity index is 1.44. The van der Waals surface area contributed by atoms with Crippen LogP contribution in [0.5, 0.6) is 0 Å². The van der Waals surface area contributed by atoms with E-state index in [1.807, 2.05) is 32.8 Å². The van der Waals surface area contributed by atoms with Crippen molar-refractivity contribution in [1.29, 1.82) is 0 Å². The number of carbonyl (C=O) groups is 1. The molecule has 0 atom stereocenters. The van der Waals surface area contributed by atoms with Crippen molar-refractivity contribution in [2.75, 3.05) is 62.4 Å². The molecule has 2 N–H and O–H groups in total. The summed E-state index contributed by atoms with van der Waals surface area (Å²) in [5.41, 5.74) is 9.78. The van der Waals surface area contributed by atoms with Gasteiger partial charge in [-0.3, -0.25) is 4.79 Å². The van der Waals surface area contributed by atoms with Gasteiger partial charge in [-0.15, -0.1) is 0 Å². The number of hydrogen-bond donors (Lipinski definition) is 2. The number of benzene rings is 2. The molecule has 0 unspecified atom stereocenters. The Morgan fingerprint density at radius 1 is 1.10 bits per heavy atom. The Labute approximate surface area is 290 Å². The Bertz CT molecular complexity index is 1680. The summed E-state index contributed by atoms with van der Waals surface area (Å²) in [6, 6.07) is 9.27. The normalized spacial score (nSPS) is 19.2. The van der Waals surface area contributed by atoms with Crippen LogP contribution in [0.4, 0.5) is 11.4 Å². The van der Waals surface area contributed by atoms with E-state index in [-0.39, 0.29) is 17.9 Å². The molecule has 256 valence electrons. The van der Waals surface area contributed by atoms with Crippen LogP contribution in [0.1, 0.15) is 81.3 Å². The molecule has 2 aromatic carbocycles. The van der Waals surface area contributed by atoms with Crippen molar-refractivity contribution in [1.82, 2.24) is 10.6 Å². The summed E-state index contributed by atoms with van der Waals surface area (Å²) in [6.45, 7) is 16.2. The number of carbonyl (C=O) groups excluding carboxylic acids is 2. The topological polar surface area (TPSA) is 83.1 Å². The second kappa shape index (κ2) is 14.5. The lowest BCUT2D eigenvalue weighted by atomic mass is 9.75. The fraction of sp³-hybridized carbons (Fsp3) is 0.513. The lowest BCUT2D eigenvalue weighted by Crippen LogP contribution is -2.40. The van der Waals surface area contributed by atoms with Crippen LogP contribution in [0.2, 0.25) is 5.02 Å². The Hall–Kier alpha value is -3.55. The molecule has 48 heavy (non-hydrogen) atoms. The third kappa shape index (κ3) is 6.44.